The van der Waals surface area contributed by atoms with Gasteiger partial charge >= 0.3 is 6.18 Å². The second-order valence-electron chi connectivity index (χ2n) is 4.41. The Kier molecular flexibility index (Phi) is 3.84. The quantitative estimate of drug-likeness (QED) is 0.895. The number of amides is 1. The number of hydrogen-bond donors (Lipinski definition) is 2. The van der Waals surface area contributed by atoms with Crippen LogP contribution in [0.2, 0.25) is 0 Å². The average molecular weight is 296 g/mol. The topological polar surface area (TPSA) is 62.0 Å². The molecule has 4 nitrogen and oxygen atoms in total. The van der Waals surface area contributed by atoms with E-state index in [2.05, 4.69) is 10.3 Å². The number of carbonyl (C=O) groups is 1. The Hall–Kier alpha value is -2.57. The molecule has 0 fully saturated rings. The largest absolute Gasteiger partial charge is 0.416 e. The van der Waals surface area contributed by atoms with E-state index in [1.807, 2.05) is 0 Å². The first-order chi connectivity index (χ1) is 9.77. The predicted molar refractivity (Wildman–Crippen MR) is 71.2 cm³/mol. The number of alkyl halides is 3. The molecule has 2 N–H and O–H groups in total. The second kappa shape index (κ2) is 5.43. The number of H-pyrrole nitrogens is 1. The minimum atomic E-state index is -4.49. The van der Waals surface area contributed by atoms with E-state index in [1.165, 1.54) is 24.3 Å². The first-order valence-corrected chi connectivity index (χ1v) is 5.96. The smallest absolute Gasteiger partial charge is 0.320 e. The van der Waals surface area contributed by atoms with E-state index in [4.69, 9.17) is 0 Å². The highest BCUT2D eigenvalue weighted by Gasteiger charge is 2.30. The maximum atomic E-state index is 12.7. The number of nitrogens with one attached hydrogen (secondary N) is 2. The molecule has 0 saturated heterocycles. The van der Waals surface area contributed by atoms with E-state index < -0.39 is 23.2 Å². The Balaban J connectivity index is 2.31. The predicted octanol–water partition coefficient (Wildman–Crippen LogP) is 2.95. The zero-order valence-electron chi connectivity index (χ0n) is 10.9. The van der Waals surface area contributed by atoms with E-state index in [0.29, 0.717) is 5.56 Å². The highest BCUT2D eigenvalue weighted by molar-refractivity contribution is 6.03. The molecule has 0 bridgehead atoms. The third kappa shape index (κ3) is 3.50. The number of aryl methyl sites for hydroxylation is 1. The summed E-state index contributed by atoms with van der Waals surface area (Å²) < 4.78 is 38.0. The third-order valence-corrected chi connectivity index (χ3v) is 2.83. The summed E-state index contributed by atoms with van der Waals surface area (Å²) in [5.41, 5.74) is -0.832. The van der Waals surface area contributed by atoms with Crippen molar-refractivity contribution in [3.8, 4) is 0 Å². The number of hydrogen-bond acceptors (Lipinski definition) is 2. The van der Waals surface area contributed by atoms with Crippen molar-refractivity contribution < 1.29 is 18.0 Å². The van der Waals surface area contributed by atoms with Crippen LogP contribution >= 0.6 is 0 Å². The Labute approximate surface area is 117 Å². The van der Waals surface area contributed by atoms with Gasteiger partial charge in [-0.2, -0.15) is 13.2 Å². The summed E-state index contributed by atoms with van der Waals surface area (Å²) in [6.07, 6.45) is -4.49. The van der Waals surface area contributed by atoms with Crippen molar-refractivity contribution in [1.82, 2.24) is 4.98 Å². The number of pyridine rings is 1. The highest BCUT2D eigenvalue weighted by Crippen LogP contribution is 2.32. The van der Waals surface area contributed by atoms with Crippen LogP contribution in [0.4, 0.5) is 18.9 Å². The summed E-state index contributed by atoms with van der Waals surface area (Å²) in [7, 11) is 0. The van der Waals surface area contributed by atoms with Crippen molar-refractivity contribution in [3.05, 3.63) is 63.6 Å². The summed E-state index contributed by atoms with van der Waals surface area (Å²) in [5.74, 6) is -0.685. The number of halogens is 3. The lowest BCUT2D eigenvalue weighted by atomic mass is 10.1. The van der Waals surface area contributed by atoms with Crippen molar-refractivity contribution in [2.45, 2.75) is 13.1 Å². The van der Waals surface area contributed by atoms with Crippen LogP contribution in [0.25, 0.3) is 0 Å². The van der Waals surface area contributed by atoms with Crippen molar-refractivity contribution in [1.29, 1.82) is 0 Å². The summed E-state index contributed by atoms with van der Waals surface area (Å²) in [6.45, 7) is 1.57. The molecule has 2 aromatic rings. The van der Waals surface area contributed by atoms with Gasteiger partial charge in [0.2, 0.25) is 5.56 Å². The lowest BCUT2D eigenvalue weighted by Gasteiger charge is -2.12. The first kappa shape index (κ1) is 14.8. The van der Waals surface area contributed by atoms with Crippen molar-refractivity contribution in [2.24, 2.45) is 0 Å². The molecule has 1 amide bonds. The Morgan fingerprint density at radius 2 is 1.90 bits per heavy atom. The van der Waals surface area contributed by atoms with Crippen LogP contribution in [0.3, 0.4) is 0 Å². The van der Waals surface area contributed by atoms with E-state index >= 15 is 0 Å². The van der Waals surface area contributed by atoms with Crippen LogP contribution in [0.15, 0.2) is 41.2 Å². The average Bonchev–Trinajstić information content (AvgIpc) is 2.40. The molecule has 7 heteroatoms. The van der Waals surface area contributed by atoms with Gasteiger partial charge in [-0.05, 0) is 30.7 Å². The van der Waals surface area contributed by atoms with Crippen molar-refractivity contribution in [3.63, 3.8) is 0 Å². The Morgan fingerprint density at radius 3 is 2.52 bits per heavy atom. The van der Waals surface area contributed by atoms with Gasteiger partial charge in [-0.3, -0.25) is 9.59 Å². The van der Waals surface area contributed by atoms with Gasteiger partial charge in [0.15, 0.2) is 0 Å². The van der Waals surface area contributed by atoms with Crippen LogP contribution < -0.4 is 10.9 Å². The molecule has 1 aromatic heterocycles. The van der Waals surface area contributed by atoms with Crippen LogP contribution in [-0.2, 0) is 6.18 Å². The summed E-state index contributed by atoms with van der Waals surface area (Å²) >= 11 is 0. The molecule has 0 aliphatic carbocycles. The number of aromatic amines is 1. The number of aromatic nitrogens is 1. The summed E-state index contributed by atoms with van der Waals surface area (Å²) in [4.78, 5) is 25.3. The summed E-state index contributed by atoms with van der Waals surface area (Å²) in [5, 5.41) is 2.36. The standard InChI is InChI=1S/C14H11F3N2O2/c1-8-5-6-9(14(15,16)17)7-11(8)19-13(21)10-3-2-4-12(20)18-10/h2-7H,1H3,(H,18,20)(H,19,21). The summed E-state index contributed by atoms with van der Waals surface area (Å²) in [6, 6.07) is 7.04. The highest BCUT2D eigenvalue weighted by atomic mass is 19.4. The lowest BCUT2D eigenvalue weighted by Crippen LogP contribution is -2.18. The first-order valence-electron chi connectivity index (χ1n) is 5.96. The van der Waals surface area contributed by atoms with Gasteiger partial charge < -0.3 is 10.3 Å². The van der Waals surface area contributed by atoms with Crippen LogP contribution in [0.1, 0.15) is 21.6 Å². The number of benzene rings is 1. The van der Waals surface area contributed by atoms with E-state index in [1.54, 1.807) is 6.92 Å². The van der Waals surface area contributed by atoms with Gasteiger partial charge in [0.1, 0.15) is 5.69 Å². The van der Waals surface area contributed by atoms with Crippen LogP contribution in [-0.4, -0.2) is 10.9 Å². The minimum absolute atomic E-state index is 0.0284. The van der Waals surface area contributed by atoms with E-state index in [0.717, 1.165) is 12.1 Å². The third-order valence-electron chi connectivity index (χ3n) is 2.83. The number of anilines is 1. The molecule has 21 heavy (non-hydrogen) atoms. The zero-order chi connectivity index (χ0) is 15.6. The van der Waals surface area contributed by atoms with Crippen LogP contribution in [0.5, 0.6) is 0 Å². The van der Waals surface area contributed by atoms with Crippen LogP contribution in [0, 0.1) is 6.92 Å². The fourth-order valence-corrected chi connectivity index (χ4v) is 1.70. The lowest BCUT2D eigenvalue weighted by molar-refractivity contribution is -0.137. The monoisotopic (exact) mass is 296 g/mol. The molecular formula is C14H11F3N2O2. The fraction of sp³-hybridized carbons (Fsp3) is 0.143. The molecule has 0 spiro atoms. The Bertz CT molecular complexity index is 735. The molecule has 0 radical (unpaired) electrons. The van der Waals surface area contributed by atoms with Crippen molar-refractivity contribution >= 4 is 11.6 Å². The van der Waals surface area contributed by atoms with Crippen molar-refractivity contribution in [2.75, 3.05) is 5.32 Å². The molecule has 1 aromatic carbocycles. The zero-order valence-corrected chi connectivity index (χ0v) is 10.9. The molecular weight excluding hydrogens is 285 g/mol. The van der Waals surface area contributed by atoms with E-state index in [9.17, 15) is 22.8 Å². The fourth-order valence-electron chi connectivity index (χ4n) is 1.70. The molecule has 2 rings (SSSR count). The molecule has 0 unspecified atom stereocenters. The normalized spacial score (nSPS) is 11.2. The molecule has 0 atom stereocenters. The number of carbonyl (C=O) groups excluding carboxylic acids is 1. The molecule has 0 aliphatic heterocycles. The van der Waals surface area contributed by atoms with Gasteiger partial charge in [0.25, 0.3) is 5.91 Å². The van der Waals surface area contributed by atoms with Gasteiger partial charge in [0.05, 0.1) is 5.56 Å². The van der Waals surface area contributed by atoms with E-state index in [-0.39, 0.29) is 11.4 Å². The molecule has 0 saturated carbocycles. The SMILES string of the molecule is Cc1ccc(C(F)(F)F)cc1NC(=O)c1cccc(=O)[nH]1. The molecule has 110 valence electrons. The van der Waals surface area contributed by atoms with Gasteiger partial charge in [-0.15, -0.1) is 0 Å². The van der Waals surface area contributed by atoms with Gasteiger partial charge in [0, 0.05) is 11.8 Å². The maximum Gasteiger partial charge on any atom is 0.416 e. The maximum absolute atomic E-state index is 12.7. The van der Waals surface area contributed by atoms with Gasteiger partial charge in [-0.1, -0.05) is 12.1 Å². The number of rotatable bonds is 2. The molecule has 0 aliphatic rings. The van der Waals surface area contributed by atoms with Gasteiger partial charge in [-0.25, -0.2) is 0 Å². The Morgan fingerprint density at radius 1 is 1.19 bits per heavy atom. The molecule has 1 heterocycles. The minimum Gasteiger partial charge on any atom is -0.320 e. The second-order valence-corrected chi connectivity index (χ2v) is 4.41.